The highest BCUT2D eigenvalue weighted by atomic mass is 16.6. The second-order valence-electron chi connectivity index (χ2n) is 7.32. The molecule has 0 bridgehead atoms. The second kappa shape index (κ2) is 8.89. The number of aryl methyl sites for hydroxylation is 1. The summed E-state index contributed by atoms with van der Waals surface area (Å²) in [7, 11) is 0. The van der Waals surface area contributed by atoms with Gasteiger partial charge in [-0.3, -0.25) is 14.9 Å². The molecular formula is C21H24N2O6. The molecule has 0 spiro atoms. The lowest BCUT2D eigenvalue weighted by atomic mass is 9.96. The Labute approximate surface area is 167 Å². The topological polar surface area (TPSA) is 115 Å². The molecule has 1 aromatic carbocycles. The lowest BCUT2D eigenvalue weighted by molar-refractivity contribution is -0.128. The van der Waals surface area contributed by atoms with Crippen LogP contribution >= 0.6 is 0 Å². The number of hydrogen-bond donors (Lipinski definition) is 2. The number of nitrogens with one attached hydrogen (secondary N) is 2. The number of amides is 3. The molecule has 1 fully saturated rings. The van der Waals surface area contributed by atoms with Gasteiger partial charge in [0, 0.05) is 12.1 Å². The van der Waals surface area contributed by atoms with E-state index in [1.165, 1.54) is 6.92 Å². The number of fused-ring (bicyclic) bond motifs is 1. The van der Waals surface area contributed by atoms with Crippen molar-refractivity contribution in [2.45, 2.75) is 58.1 Å². The molecule has 0 radical (unpaired) electrons. The third-order valence-corrected chi connectivity index (χ3v) is 4.91. The van der Waals surface area contributed by atoms with Crippen molar-refractivity contribution in [3.05, 3.63) is 45.8 Å². The first-order chi connectivity index (χ1) is 13.8. The first-order valence-electron chi connectivity index (χ1n) is 9.70. The molecule has 1 heterocycles. The van der Waals surface area contributed by atoms with Gasteiger partial charge in [-0.25, -0.2) is 9.59 Å². The number of ether oxygens (including phenoxy) is 1. The summed E-state index contributed by atoms with van der Waals surface area (Å²) in [6.07, 6.45) is 3.77. The first-order valence-corrected chi connectivity index (χ1v) is 9.70. The number of carbonyl (C=O) groups is 3. The molecule has 154 valence electrons. The van der Waals surface area contributed by atoms with E-state index in [0.29, 0.717) is 5.39 Å². The first kappa shape index (κ1) is 20.6. The van der Waals surface area contributed by atoms with Crippen LogP contribution in [0.2, 0.25) is 0 Å². The van der Waals surface area contributed by atoms with Crippen molar-refractivity contribution in [1.29, 1.82) is 0 Å². The fourth-order valence-electron chi connectivity index (χ4n) is 3.32. The predicted molar refractivity (Wildman–Crippen MR) is 106 cm³/mol. The average Bonchev–Trinajstić information content (AvgIpc) is 2.68. The van der Waals surface area contributed by atoms with Gasteiger partial charge in [-0.05, 0) is 38.8 Å². The summed E-state index contributed by atoms with van der Waals surface area (Å²) < 4.78 is 10.5. The highest BCUT2D eigenvalue weighted by Crippen LogP contribution is 2.17. The van der Waals surface area contributed by atoms with Crippen molar-refractivity contribution in [2.75, 3.05) is 0 Å². The number of urea groups is 1. The molecule has 29 heavy (non-hydrogen) atoms. The molecule has 2 aromatic rings. The van der Waals surface area contributed by atoms with E-state index in [-0.39, 0.29) is 22.8 Å². The van der Waals surface area contributed by atoms with Gasteiger partial charge in [-0.1, -0.05) is 30.9 Å². The van der Waals surface area contributed by atoms with E-state index in [9.17, 15) is 19.2 Å². The summed E-state index contributed by atoms with van der Waals surface area (Å²) in [6, 6.07) is 5.47. The maximum Gasteiger partial charge on any atom is 0.375 e. The molecule has 1 saturated carbocycles. The average molecular weight is 400 g/mol. The van der Waals surface area contributed by atoms with E-state index in [1.54, 1.807) is 18.2 Å². The predicted octanol–water partition coefficient (Wildman–Crippen LogP) is 2.81. The molecule has 3 rings (SSSR count). The number of hydrogen-bond acceptors (Lipinski definition) is 6. The molecule has 0 aliphatic heterocycles. The summed E-state index contributed by atoms with van der Waals surface area (Å²) >= 11 is 0. The van der Waals surface area contributed by atoms with Gasteiger partial charge >= 0.3 is 12.0 Å². The monoisotopic (exact) mass is 400 g/mol. The van der Waals surface area contributed by atoms with Crippen LogP contribution in [0, 0.1) is 6.92 Å². The normalized spacial score (nSPS) is 15.5. The molecule has 8 nitrogen and oxygen atoms in total. The van der Waals surface area contributed by atoms with Gasteiger partial charge in [0.15, 0.2) is 11.5 Å². The fraction of sp³-hybridized carbons (Fsp3) is 0.429. The second-order valence-corrected chi connectivity index (χ2v) is 7.32. The van der Waals surface area contributed by atoms with Gasteiger partial charge < -0.3 is 14.5 Å². The Balaban J connectivity index is 1.60. The Hall–Kier alpha value is -3.16. The molecule has 1 aromatic heterocycles. The molecule has 8 heteroatoms. The minimum Gasteiger partial charge on any atom is -0.449 e. The van der Waals surface area contributed by atoms with Crippen molar-refractivity contribution >= 4 is 28.9 Å². The SMILES string of the molecule is Cc1ccc2oc(C(=O)O[C@@H](C)C(=O)NC(=O)NC3CCCCC3)cc(=O)c2c1. The lowest BCUT2D eigenvalue weighted by Gasteiger charge is -2.23. The Bertz CT molecular complexity index is 990. The summed E-state index contributed by atoms with van der Waals surface area (Å²) in [4.78, 5) is 48.6. The van der Waals surface area contributed by atoms with Gasteiger partial charge in [0.05, 0.1) is 5.39 Å². The highest BCUT2D eigenvalue weighted by Gasteiger charge is 2.24. The Kier molecular flexibility index (Phi) is 6.31. The van der Waals surface area contributed by atoms with Crippen LogP contribution in [0.25, 0.3) is 11.0 Å². The summed E-state index contributed by atoms with van der Waals surface area (Å²) in [5, 5.41) is 5.28. The molecule has 2 N–H and O–H groups in total. The zero-order valence-electron chi connectivity index (χ0n) is 16.4. The minimum atomic E-state index is -1.24. The van der Waals surface area contributed by atoms with Crippen LogP contribution in [-0.2, 0) is 9.53 Å². The smallest absolute Gasteiger partial charge is 0.375 e. The van der Waals surface area contributed by atoms with Crippen molar-refractivity contribution in [2.24, 2.45) is 0 Å². The molecule has 1 aliphatic carbocycles. The van der Waals surface area contributed by atoms with E-state index in [0.717, 1.165) is 43.7 Å². The zero-order chi connectivity index (χ0) is 21.0. The van der Waals surface area contributed by atoms with Crippen molar-refractivity contribution < 1.29 is 23.5 Å². The van der Waals surface area contributed by atoms with Gasteiger partial charge in [0.25, 0.3) is 5.91 Å². The van der Waals surface area contributed by atoms with Crippen LogP contribution in [0.5, 0.6) is 0 Å². The standard InChI is InChI=1S/C21H24N2O6/c1-12-8-9-17-15(10-12)16(24)11-18(29-17)20(26)28-13(2)19(25)23-21(27)22-14-6-4-3-5-7-14/h8-11,13-14H,3-7H2,1-2H3,(H2,22,23,25,27)/t13-/m0/s1. The van der Waals surface area contributed by atoms with Crippen LogP contribution in [-0.4, -0.2) is 30.1 Å². The fourth-order valence-corrected chi connectivity index (χ4v) is 3.32. The zero-order valence-corrected chi connectivity index (χ0v) is 16.4. The van der Waals surface area contributed by atoms with Crippen molar-refractivity contribution in [3.8, 4) is 0 Å². The molecule has 3 amide bonds. The quantitative estimate of drug-likeness (QED) is 0.763. The van der Waals surface area contributed by atoms with Gasteiger partial charge in [-0.15, -0.1) is 0 Å². The van der Waals surface area contributed by atoms with Gasteiger partial charge in [0.2, 0.25) is 5.76 Å². The Morgan fingerprint density at radius 2 is 1.86 bits per heavy atom. The molecular weight excluding hydrogens is 376 g/mol. The minimum absolute atomic E-state index is 0.0462. The largest absolute Gasteiger partial charge is 0.449 e. The van der Waals surface area contributed by atoms with Crippen LogP contribution in [0.15, 0.2) is 33.5 Å². The van der Waals surface area contributed by atoms with Crippen molar-refractivity contribution in [1.82, 2.24) is 10.6 Å². The highest BCUT2D eigenvalue weighted by molar-refractivity contribution is 5.98. The van der Waals surface area contributed by atoms with Crippen LogP contribution in [0.3, 0.4) is 0 Å². The molecule has 0 saturated heterocycles. The Morgan fingerprint density at radius 3 is 2.59 bits per heavy atom. The third-order valence-electron chi connectivity index (χ3n) is 4.91. The number of benzene rings is 1. The lowest BCUT2D eigenvalue weighted by Crippen LogP contribution is -2.48. The van der Waals surface area contributed by atoms with Crippen LogP contribution < -0.4 is 16.1 Å². The van der Waals surface area contributed by atoms with Crippen molar-refractivity contribution in [3.63, 3.8) is 0 Å². The summed E-state index contributed by atoms with van der Waals surface area (Å²) in [5.41, 5.74) is 0.752. The summed E-state index contributed by atoms with van der Waals surface area (Å²) in [5.74, 6) is -2.03. The maximum atomic E-state index is 12.3. The number of esters is 1. The van der Waals surface area contributed by atoms with E-state index in [2.05, 4.69) is 10.6 Å². The number of imide groups is 1. The van der Waals surface area contributed by atoms with Crippen LogP contribution in [0.1, 0.15) is 55.1 Å². The van der Waals surface area contributed by atoms with Crippen LogP contribution in [0.4, 0.5) is 4.79 Å². The Morgan fingerprint density at radius 1 is 1.14 bits per heavy atom. The number of carbonyl (C=O) groups excluding carboxylic acids is 3. The molecule has 1 aliphatic rings. The van der Waals surface area contributed by atoms with E-state index >= 15 is 0 Å². The van der Waals surface area contributed by atoms with E-state index < -0.39 is 24.0 Å². The van der Waals surface area contributed by atoms with E-state index in [4.69, 9.17) is 9.15 Å². The maximum absolute atomic E-state index is 12.3. The number of rotatable bonds is 4. The molecule has 1 atom stereocenters. The molecule has 0 unspecified atom stereocenters. The van der Waals surface area contributed by atoms with Gasteiger partial charge in [-0.2, -0.15) is 0 Å². The van der Waals surface area contributed by atoms with E-state index in [1.807, 2.05) is 6.92 Å². The van der Waals surface area contributed by atoms with Gasteiger partial charge in [0.1, 0.15) is 5.58 Å². The summed E-state index contributed by atoms with van der Waals surface area (Å²) in [6.45, 7) is 3.18. The third kappa shape index (κ3) is 5.22.